The first-order chi connectivity index (χ1) is 18.5. The first kappa shape index (κ1) is 28.1. The predicted molar refractivity (Wildman–Crippen MR) is 133 cm³/mol. The Hall–Kier alpha value is -3.89. The summed E-state index contributed by atoms with van der Waals surface area (Å²) in [6.45, 7) is 4.18. The van der Waals surface area contributed by atoms with E-state index in [1.54, 1.807) is 32.0 Å². The number of benzene rings is 1. The molecule has 2 aliphatic heterocycles. The molecule has 2 unspecified atom stereocenters. The molecule has 0 aliphatic carbocycles. The molecule has 3 heterocycles. The molecular formula is C24H26N3O11P. The van der Waals surface area contributed by atoms with E-state index in [1.165, 1.54) is 19.1 Å². The summed E-state index contributed by atoms with van der Waals surface area (Å²) in [6.07, 6.45) is 1.32. The van der Waals surface area contributed by atoms with Gasteiger partial charge in [0.2, 0.25) is 0 Å². The van der Waals surface area contributed by atoms with Crippen molar-refractivity contribution in [1.29, 1.82) is 0 Å². The van der Waals surface area contributed by atoms with Gasteiger partial charge < -0.3 is 23.5 Å². The van der Waals surface area contributed by atoms with Crippen molar-refractivity contribution in [3.8, 4) is 18.1 Å². The number of fused-ring (bicyclic) bond motifs is 1. The number of hydrogen-bond donors (Lipinski definition) is 2. The summed E-state index contributed by atoms with van der Waals surface area (Å²) in [6, 6.07) is 7.98. The molecule has 0 spiro atoms. The van der Waals surface area contributed by atoms with Crippen molar-refractivity contribution in [3.63, 3.8) is 0 Å². The van der Waals surface area contributed by atoms with Crippen LogP contribution in [0.15, 0.2) is 52.2 Å². The molecule has 2 saturated heterocycles. The lowest BCUT2D eigenvalue weighted by Crippen LogP contribution is -2.46. The van der Waals surface area contributed by atoms with Crippen LogP contribution in [0.5, 0.6) is 5.75 Å². The summed E-state index contributed by atoms with van der Waals surface area (Å²) >= 11 is 0. The average molecular weight is 563 g/mol. The molecule has 0 saturated carbocycles. The molecule has 1 aromatic carbocycles. The van der Waals surface area contributed by atoms with Crippen LogP contribution in [0, 0.1) is 12.3 Å². The number of nitrogens with one attached hydrogen (secondary N) is 2. The van der Waals surface area contributed by atoms with E-state index < -0.39 is 73.9 Å². The van der Waals surface area contributed by atoms with Gasteiger partial charge in [-0.15, -0.1) is 6.42 Å². The number of carbonyl (C=O) groups excluding carboxylic acids is 2. The lowest BCUT2D eigenvalue weighted by Gasteiger charge is -2.25. The standard InChI is InChI=1S/C24H26N3O11P/c1-5-24-19(36-23(31)37-24)17(35-21(24)27-12-11-18(28)25-22(27)30)13-33-39(32,38-16-9-7-6-8-10-16)26-15(4)20(29)34-14(2)3/h1,6-12,14-15,17,19,21H,13H2,2-4H3,(H,26,32)(H,25,28,30)/t15?,17-,19-,21-,24-,39?/m1/s1. The SMILES string of the molecule is C#C[C@@]12OC(=O)O[C@@H]1[C@@H](COP(=O)(NC(C)C(=O)OC(C)C)Oc1ccccc1)O[C@H]2n1ccc(=O)[nH]c1=O. The smallest absolute Gasteiger partial charge is 0.462 e. The van der Waals surface area contributed by atoms with E-state index in [4.69, 9.17) is 34.4 Å². The number of rotatable bonds is 10. The topological polar surface area (TPSA) is 173 Å². The molecule has 1 aromatic heterocycles. The first-order valence-corrected chi connectivity index (χ1v) is 13.3. The first-order valence-electron chi connectivity index (χ1n) is 11.8. The summed E-state index contributed by atoms with van der Waals surface area (Å²) in [5, 5.41) is 2.53. The highest BCUT2D eigenvalue weighted by Crippen LogP contribution is 2.49. The minimum atomic E-state index is -4.32. The Morgan fingerprint density at radius 2 is 1.95 bits per heavy atom. The lowest BCUT2D eigenvalue weighted by atomic mass is 9.95. The number of H-pyrrole nitrogens is 1. The monoisotopic (exact) mass is 563 g/mol. The minimum absolute atomic E-state index is 0.163. The average Bonchev–Trinajstić information content (AvgIpc) is 3.35. The zero-order valence-electron chi connectivity index (χ0n) is 21.1. The van der Waals surface area contributed by atoms with Gasteiger partial charge in [0.15, 0.2) is 12.3 Å². The van der Waals surface area contributed by atoms with Crippen LogP contribution in [0.4, 0.5) is 4.79 Å². The fourth-order valence-electron chi connectivity index (χ4n) is 3.99. The molecule has 2 fully saturated rings. The van der Waals surface area contributed by atoms with Gasteiger partial charge >= 0.3 is 25.6 Å². The van der Waals surface area contributed by atoms with Gasteiger partial charge in [0.1, 0.15) is 17.9 Å². The highest BCUT2D eigenvalue weighted by atomic mass is 31.2. The van der Waals surface area contributed by atoms with Crippen LogP contribution in [-0.2, 0) is 32.8 Å². The molecule has 0 radical (unpaired) electrons. The van der Waals surface area contributed by atoms with Crippen molar-refractivity contribution < 1.29 is 42.1 Å². The maximum absolute atomic E-state index is 13.8. The molecule has 2 aromatic rings. The largest absolute Gasteiger partial charge is 0.510 e. The summed E-state index contributed by atoms with van der Waals surface area (Å²) in [7, 11) is -4.32. The van der Waals surface area contributed by atoms with Crippen LogP contribution in [0.25, 0.3) is 0 Å². The maximum atomic E-state index is 13.8. The van der Waals surface area contributed by atoms with Crippen molar-refractivity contribution in [2.45, 2.75) is 57.0 Å². The van der Waals surface area contributed by atoms with Gasteiger partial charge in [0.05, 0.1) is 12.7 Å². The van der Waals surface area contributed by atoms with Crippen LogP contribution in [-0.4, -0.2) is 58.2 Å². The zero-order chi connectivity index (χ0) is 28.4. The number of ether oxygens (including phenoxy) is 4. The summed E-state index contributed by atoms with van der Waals surface area (Å²) in [5.74, 6) is 1.77. The second kappa shape index (κ2) is 11.1. The number of carbonyl (C=O) groups is 2. The van der Waals surface area contributed by atoms with Crippen LogP contribution < -0.4 is 20.9 Å². The molecule has 0 amide bonds. The van der Waals surface area contributed by atoms with E-state index in [0.717, 1.165) is 16.8 Å². The fraction of sp³-hybridized carbons (Fsp3) is 0.417. The summed E-state index contributed by atoms with van der Waals surface area (Å²) in [4.78, 5) is 50.6. The van der Waals surface area contributed by atoms with Gasteiger partial charge in [-0.2, -0.15) is 5.09 Å². The molecular weight excluding hydrogens is 537 g/mol. The predicted octanol–water partition coefficient (Wildman–Crippen LogP) is 1.47. The second-order valence-electron chi connectivity index (χ2n) is 8.91. The highest BCUT2D eigenvalue weighted by molar-refractivity contribution is 7.52. The molecule has 15 heteroatoms. The highest BCUT2D eigenvalue weighted by Gasteiger charge is 2.67. The third kappa shape index (κ3) is 5.91. The second-order valence-corrected chi connectivity index (χ2v) is 10.6. The van der Waals surface area contributed by atoms with E-state index in [0.29, 0.717) is 0 Å². The Bertz CT molecular complexity index is 1430. The van der Waals surface area contributed by atoms with E-state index in [9.17, 15) is 23.7 Å². The van der Waals surface area contributed by atoms with Crippen molar-refractivity contribution >= 4 is 19.9 Å². The number of para-hydroxylation sites is 1. The minimum Gasteiger partial charge on any atom is -0.462 e. The van der Waals surface area contributed by atoms with Crippen LogP contribution >= 0.6 is 7.75 Å². The van der Waals surface area contributed by atoms with Crippen LogP contribution in [0.2, 0.25) is 0 Å². The quantitative estimate of drug-likeness (QED) is 0.242. The molecule has 4 rings (SSSR count). The summed E-state index contributed by atoms with van der Waals surface area (Å²) in [5.41, 5.74) is -3.47. The van der Waals surface area contributed by atoms with Crippen LogP contribution in [0.1, 0.15) is 27.0 Å². The fourth-order valence-corrected chi connectivity index (χ4v) is 5.49. The van der Waals surface area contributed by atoms with Gasteiger partial charge in [-0.05, 0) is 38.8 Å². The molecule has 2 N–H and O–H groups in total. The number of aromatic amines is 1. The van der Waals surface area contributed by atoms with Gasteiger partial charge in [-0.25, -0.2) is 14.2 Å². The molecule has 208 valence electrons. The molecule has 39 heavy (non-hydrogen) atoms. The van der Waals surface area contributed by atoms with Crippen molar-refractivity contribution in [1.82, 2.24) is 14.6 Å². The van der Waals surface area contributed by atoms with Gasteiger partial charge in [0, 0.05) is 12.3 Å². The Morgan fingerprint density at radius 1 is 1.23 bits per heavy atom. The third-order valence-corrected chi connectivity index (χ3v) is 7.31. The van der Waals surface area contributed by atoms with Crippen molar-refractivity contribution in [2.24, 2.45) is 0 Å². The number of esters is 1. The summed E-state index contributed by atoms with van der Waals surface area (Å²) < 4.78 is 47.5. The molecule has 2 aliphatic rings. The van der Waals surface area contributed by atoms with E-state index in [2.05, 4.69) is 16.0 Å². The Morgan fingerprint density at radius 3 is 2.59 bits per heavy atom. The number of hydrogen-bond acceptors (Lipinski definition) is 11. The molecule has 0 bridgehead atoms. The lowest BCUT2D eigenvalue weighted by molar-refractivity contribution is -0.149. The van der Waals surface area contributed by atoms with E-state index in [1.807, 2.05) is 0 Å². The Kier molecular flexibility index (Phi) is 7.99. The van der Waals surface area contributed by atoms with Crippen molar-refractivity contribution in [2.75, 3.05) is 6.61 Å². The Labute approximate surface area is 222 Å². The van der Waals surface area contributed by atoms with Crippen LogP contribution in [0.3, 0.4) is 0 Å². The third-order valence-electron chi connectivity index (χ3n) is 5.67. The normalized spacial score (nSPS) is 26.0. The number of terminal acetylenes is 1. The number of aromatic nitrogens is 2. The maximum Gasteiger partial charge on any atom is 0.510 e. The van der Waals surface area contributed by atoms with E-state index >= 15 is 0 Å². The molecule has 14 nitrogen and oxygen atoms in total. The zero-order valence-corrected chi connectivity index (χ0v) is 22.0. The Balaban J connectivity index is 1.60. The van der Waals surface area contributed by atoms with E-state index in [-0.39, 0.29) is 5.75 Å². The molecule has 6 atom stereocenters. The van der Waals surface area contributed by atoms with Gasteiger partial charge in [-0.3, -0.25) is 23.7 Å². The van der Waals surface area contributed by atoms with Gasteiger partial charge in [-0.1, -0.05) is 18.2 Å². The number of nitrogens with zero attached hydrogens (tertiary/aromatic N) is 1. The van der Waals surface area contributed by atoms with Crippen molar-refractivity contribution in [3.05, 3.63) is 63.4 Å². The van der Waals surface area contributed by atoms with Gasteiger partial charge in [0.25, 0.3) is 11.2 Å².